The fourth-order valence-electron chi connectivity index (χ4n) is 2.87. The van der Waals surface area contributed by atoms with E-state index in [1.165, 1.54) is 6.42 Å². The van der Waals surface area contributed by atoms with Crippen molar-refractivity contribution in [3.63, 3.8) is 0 Å². The topological polar surface area (TPSA) is 65.4 Å². The van der Waals surface area contributed by atoms with E-state index >= 15 is 0 Å². The molecule has 5 heteroatoms. The SMILES string of the molecule is CCC1CCCCN1/C=C(/C#N)C(=O)Nc1ccccc1OC. The Morgan fingerprint density at radius 2 is 2.26 bits per heavy atom. The molecule has 0 radical (unpaired) electrons. The van der Waals surface area contributed by atoms with Crippen LogP contribution in [0.3, 0.4) is 0 Å². The Kier molecular flexibility index (Phi) is 6.04. The molecule has 1 heterocycles. The molecule has 1 aliphatic rings. The Morgan fingerprint density at radius 3 is 2.96 bits per heavy atom. The molecule has 0 aliphatic carbocycles. The minimum absolute atomic E-state index is 0.122. The highest BCUT2D eigenvalue weighted by Gasteiger charge is 2.20. The molecule has 0 bridgehead atoms. The molecule has 2 rings (SSSR count). The first-order valence-corrected chi connectivity index (χ1v) is 8.01. The van der Waals surface area contributed by atoms with Crippen molar-refractivity contribution in [2.24, 2.45) is 0 Å². The van der Waals surface area contributed by atoms with Gasteiger partial charge in [0, 0.05) is 18.8 Å². The molecule has 1 amide bonds. The van der Waals surface area contributed by atoms with Crippen LogP contribution in [0.1, 0.15) is 32.6 Å². The number of benzene rings is 1. The zero-order chi connectivity index (χ0) is 16.7. The zero-order valence-corrected chi connectivity index (χ0v) is 13.7. The summed E-state index contributed by atoms with van der Waals surface area (Å²) in [5.74, 6) is 0.167. The average Bonchev–Trinajstić information content (AvgIpc) is 2.60. The first-order chi connectivity index (χ1) is 11.2. The van der Waals surface area contributed by atoms with Crippen molar-refractivity contribution in [2.45, 2.75) is 38.6 Å². The van der Waals surface area contributed by atoms with Gasteiger partial charge in [0.25, 0.3) is 5.91 Å². The number of nitriles is 1. The predicted octanol–water partition coefficient (Wildman–Crippen LogP) is 3.31. The smallest absolute Gasteiger partial charge is 0.267 e. The zero-order valence-electron chi connectivity index (χ0n) is 13.7. The van der Waals surface area contributed by atoms with Crippen molar-refractivity contribution in [1.29, 1.82) is 5.26 Å². The van der Waals surface area contributed by atoms with E-state index in [1.807, 2.05) is 18.2 Å². The number of carbonyl (C=O) groups is 1. The van der Waals surface area contributed by atoms with Gasteiger partial charge in [-0.25, -0.2) is 0 Å². The molecule has 1 saturated heterocycles. The van der Waals surface area contributed by atoms with Gasteiger partial charge in [-0.05, 0) is 37.8 Å². The summed E-state index contributed by atoms with van der Waals surface area (Å²) in [5.41, 5.74) is 0.683. The number of anilines is 1. The second kappa shape index (κ2) is 8.23. The van der Waals surface area contributed by atoms with E-state index in [4.69, 9.17) is 4.74 Å². The Balaban J connectivity index is 2.15. The Hall–Kier alpha value is -2.48. The Bertz CT molecular complexity index is 619. The fraction of sp³-hybridized carbons (Fsp3) is 0.444. The lowest BCUT2D eigenvalue weighted by atomic mass is 10.0. The second-order valence-electron chi connectivity index (χ2n) is 5.60. The number of likely N-dealkylation sites (tertiary alicyclic amines) is 1. The summed E-state index contributed by atoms with van der Waals surface area (Å²) in [6, 6.07) is 9.58. The molecular weight excluding hydrogens is 290 g/mol. The molecule has 1 aromatic carbocycles. The third-order valence-electron chi connectivity index (χ3n) is 4.16. The number of ether oxygens (including phenoxy) is 1. The third kappa shape index (κ3) is 4.26. The molecule has 1 unspecified atom stereocenters. The molecule has 0 saturated carbocycles. The number of methoxy groups -OCH3 is 1. The quantitative estimate of drug-likeness (QED) is 0.669. The highest BCUT2D eigenvalue weighted by molar-refractivity contribution is 6.07. The van der Waals surface area contributed by atoms with Gasteiger partial charge in [-0.2, -0.15) is 5.26 Å². The minimum atomic E-state index is -0.405. The van der Waals surface area contributed by atoms with Gasteiger partial charge >= 0.3 is 0 Å². The van der Waals surface area contributed by atoms with Crippen LogP contribution in [0.25, 0.3) is 0 Å². The van der Waals surface area contributed by atoms with Crippen LogP contribution in [0.5, 0.6) is 5.75 Å². The number of hydrogen-bond donors (Lipinski definition) is 1. The van der Waals surface area contributed by atoms with Crippen molar-refractivity contribution in [3.8, 4) is 11.8 Å². The maximum Gasteiger partial charge on any atom is 0.267 e. The van der Waals surface area contributed by atoms with E-state index in [-0.39, 0.29) is 5.57 Å². The normalized spacial score (nSPS) is 18.2. The van der Waals surface area contributed by atoms with Gasteiger partial charge in [0.15, 0.2) is 0 Å². The number of nitrogens with one attached hydrogen (secondary N) is 1. The summed E-state index contributed by atoms with van der Waals surface area (Å²) < 4.78 is 5.22. The van der Waals surface area contributed by atoms with E-state index in [0.29, 0.717) is 17.5 Å². The van der Waals surface area contributed by atoms with Crippen LogP contribution in [0, 0.1) is 11.3 Å². The summed E-state index contributed by atoms with van der Waals surface area (Å²) in [6.45, 7) is 3.03. The molecule has 0 spiro atoms. The van der Waals surface area contributed by atoms with Crippen LogP contribution in [-0.4, -0.2) is 30.5 Å². The maximum absolute atomic E-state index is 12.4. The first kappa shape index (κ1) is 16.9. The monoisotopic (exact) mass is 313 g/mol. The minimum Gasteiger partial charge on any atom is -0.495 e. The van der Waals surface area contributed by atoms with Crippen LogP contribution in [-0.2, 0) is 4.79 Å². The number of hydrogen-bond acceptors (Lipinski definition) is 4. The molecule has 1 aliphatic heterocycles. The van der Waals surface area contributed by atoms with Crippen LogP contribution in [0.2, 0.25) is 0 Å². The summed E-state index contributed by atoms with van der Waals surface area (Å²) in [7, 11) is 1.55. The van der Waals surface area contributed by atoms with Gasteiger partial charge in [-0.15, -0.1) is 0 Å². The third-order valence-corrected chi connectivity index (χ3v) is 4.16. The predicted molar refractivity (Wildman–Crippen MR) is 90.0 cm³/mol. The molecule has 1 atom stereocenters. The number of nitrogens with zero attached hydrogens (tertiary/aromatic N) is 2. The number of para-hydroxylation sites is 2. The van der Waals surface area contributed by atoms with E-state index in [0.717, 1.165) is 25.8 Å². The van der Waals surface area contributed by atoms with Gasteiger partial charge in [-0.1, -0.05) is 19.1 Å². The molecule has 1 fully saturated rings. The van der Waals surface area contributed by atoms with Crippen LogP contribution < -0.4 is 10.1 Å². The summed E-state index contributed by atoms with van der Waals surface area (Å²) >= 11 is 0. The van der Waals surface area contributed by atoms with E-state index in [1.54, 1.807) is 25.4 Å². The van der Waals surface area contributed by atoms with E-state index in [2.05, 4.69) is 17.1 Å². The molecule has 122 valence electrons. The van der Waals surface area contributed by atoms with Gasteiger partial charge in [0.1, 0.15) is 17.4 Å². The van der Waals surface area contributed by atoms with Crippen molar-refractivity contribution < 1.29 is 9.53 Å². The Morgan fingerprint density at radius 1 is 1.48 bits per heavy atom. The maximum atomic E-state index is 12.4. The lowest BCUT2D eigenvalue weighted by Gasteiger charge is -2.34. The number of amides is 1. The number of piperidine rings is 1. The molecule has 5 nitrogen and oxygen atoms in total. The van der Waals surface area contributed by atoms with Gasteiger partial charge in [-0.3, -0.25) is 4.79 Å². The number of rotatable bonds is 5. The lowest BCUT2D eigenvalue weighted by Crippen LogP contribution is -2.35. The first-order valence-electron chi connectivity index (χ1n) is 8.01. The molecular formula is C18H23N3O2. The van der Waals surface area contributed by atoms with Crippen molar-refractivity contribution >= 4 is 11.6 Å². The molecule has 1 aromatic rings. The standard InChI is InChI=1S/C18H23N3O2/c1-3-15-8-6-7-11-21(15)13-14(12-19)18(22)20-16-9-4-5-10-17(16)23-2/h4-5,9-10,13,15H,3,6-8,11H2,1-2H3,(H,20,22)/b14-13-. The van der Waals surface area contributed by atoms with Crippen LogP contribution >= 0.6 is 0 Å². The highest BCUT2D eigenvalue weighted by Crippen LogP contribution is 2.24. The van der Waals surface area contributed by atoms with E-state index < -0.39 is 5.91 Å². The summed E-state index contributed by atoms with van der Waals surface area (Å²) in [6.07, 6.45) is 6.14. The molecule has 23 heavy (non-hydrogen) atoms. The molecule has 0 aromatic heterocycles. The average molecular weight is 313 g/mol. The van der Waals surface area contributed by atoms with Crippen molar-refractivity contribution in [1.82, 2.24) is 4.90 Å². The van der Waals surface area contributed by atoms with Gasteiger partial charge < -0.3 is 15.0 Å². The fourth-order valence-corrected chi connectivity index (χ4v) is 2.87. The van der Waals surface area contributed by atoms with Crippen molar-refractivity contribution in [2.75, 3.05) is 19.0 Å². The Labute approximate surface area is 137 Å². The van der Waals surface area contributed by atoms with E-state index in [9.17, 15) is 10.1 Å². The lowest BCUT2D eigenvalue weighted by molar-refractivity contribution is -0.112. The summed E-state index contributed by atoms with van der Waals surface area (Å²) in [4.78, 5) is 14.5. The summed E-state index contributed by atoms with van der Waals surface area (Å²) in [5, 5.41) is 12.1. The van der Waals surface area contributed by atoms with Crippen molar-refractivity contribution in [3.05, 3.63) is 36.0 Å². The second-order valence-corrected chi connectivity index (χ2v) is 5.60. The van der Waals surface area contributed by atoms with Crippen LogP contribution in [0.15, 0.2) is 36.0 Å². The molecule has 1 N–H and O–H groups in total. The number of carbonyl (C=O) groups excluding carboxylic acids is 1. The highest BCUT2D eigenvalue weighted by atomic mass is 16.5. The largest absolute Gasteiger partial charge is 0.495 e. The van der Waals surface area contributed by atoms with Crippen LogP contribution in [0.4, 0.5) is 5.69 Å². The van der Waals surface area contributed by atoms with Gasteiger partial charge in [0.05, 0.1) is 12.8 Å². The van der Waals surface area contributed by atoms with Gasteiger partial charge in [0.2, 0.25) is 0 Å².